The highest BCUT2D eigenvalue weighted by Crippen LogP contribution is 2.16. The second-order valence-corrected chi connectivity index (χ2v) is 5.55. The average molecular weight is 336 g/mol. The van der Waals surface area contributed by atoms with E-state index in [0.29, 0.717) is 5.56 Å². The van der Waals surface area contributed by atoms with Gasteiger partial charge in [-0.25, -0.2) is 0 Å². The Morgan fingerprint density at radius 1 is 1.30 bits per heavy atom. The molecule has 1 aromatic heterocycles. The van der Waals surface area contributed by atoms with Gasteiger partial charge in [-0.05, 0) is 38.0 Å². The SMILES string of the molecule is Cc1nn(C)c(C)c1C(=O)Nc1ccc(CCBr)cc1. The van der Waals surface area contributed by atoms with Gasteiger partial charge in [0.1, 0.15) is 0 Å². The van der Waals surface area contributed by atoms with Crippen LogP contribution in [-0.2, 0) is 13.5 Å². The maximum absolute atomic E-state index is 12.3. The van der Waals surface area contributed by atoms with E-state index in [2.05, 4.69) is 26.3 Å². The molecule has 0 aliphatic heterocycles. The molecule has 1 amide bonds. The number of benzene rings is 1. The largest absolute Gasteiger partial charge is 0.322 e. The molecular weight excluding hydrogens is 318 g/mol. The molecular formula is C15H18BrN3O. The molecule has 1 aromatic carbocycles. The van der Waals surface area contributed by atoms with Crippen LogP contribution >= 0.6 is 15.9 Å². The summed E-state index contributed by atoms with van der Waals surface area (Å²) in [7, 11) is 1.84. The van der Waals surface area contributed by atoms with E-state index < -0.39 is 0 Å². The molecule has 0 fully saturated rings. The first-order valence-electron chi connectivity index (χ1n) is 6.49. The minimum absolute atomic E-state index is 0.110. The third-order valence-electron chi connectivity index (χ3n) is 3.33. The van der Waals surface area contributed by atoms with Gasteiger partial charge in [-0.2, -0.15) is 5.10 Å². The fourth-order valence-electron chi connectivity index (χ4n) is 2.16. The lowest BCUT2D eigenvalue weighted by Crippen LogP contribution is -2.14. The summed E-state index contributed by atoms with van der Waals surface area (Å²) < 4.78 is 1.73. The van der Waals surface area contributed by atoms with Gasteiger partial charge in [0.25, 0.3) is 5.91 Å². The van der Waals surface area contributed by atoms with Crippen LogP contribution in [0.1, 0.15) is 27.3 Å². The van der Waals surface area contributed by atoms with Crippen LogP contribution in [0.5, 0.6) is 0 Å². The Morgan fingerprint density at radius 3 is 2.45 bits per heavy atom. The Kier molecular flexibility index (Phi) is 4.60. The van der Waals surface area contributed by atoms with Gasteiger partial charge in [0.15, 0.2) is 0 Å². The van der Waals surface area contributed by atoms with Crippen molar-refractivity contribution in [2.24, 2.45) is 7.05 Å². The molecule has 0 aliphatic rings. The van der Waals surface area contributed by atoms with Crippen LogP contribution in [0.3, 0.4) is 0 Å². The van der Waals surface area contributed by atoms with E-state index in [9.17, 15) is 4.79 Å². The van der Waals surface area contributed by atoms with Gasteiger partial charge >= 0.3 is 0 Å². The molecule has 0 saturated heterocycles. The number of rotatable bonds is 4. The number of aromatic nitrogens is 2. The highest BCUT2D eigenvalue weighted by Gasteiger charge is 2.17. The predicted molar refractivity (Wildman–Crippen MR) is 84.6 cm³/mol. The molecule has 1 heterocycles. The lowest BCUT2D eigenvalue weighted by atomic mass is 10.1. The molecule has 0 spiro atoms. The van der Waals surface area contributed by atoms with Crippen LogP contribution in [0.15, 0.2) is 24.3 Å². The smallest absolute Gasteiger partial charge is 0.259 e. The molecule has 2 aromatic rings. The van der Waals surface area contributed by atoms with Crippen molar-refractivity contribution in [2.45, 2.75) is 20.3 Å². The highest BCUT2D eigenvalue weighted by atomic mass is 79.9. The van der Waals surface area contributed by atoms with Crippen molar-refractivity contribution in [1.29, 1.82) is 0 Å². The van der Waals surface area contributed by atoms with E-state index in [4.69, 9.17) is 0 Å². The predicted octanol–water partition coefficient (Wildman–Crippen LogP) is 3.23. The summed E-state index contributed by atoms with van der Waals surface area (Å²) in [6.07, 6.45) is 0.981. The summed E-state index contributed by atoms with van der Waals surface area (Å²) in [6.45, 7) is 3.75. The van der Waals surface area contributed by atoms with Crippen LogP contribution in [0.4, 0.5) is 5.69 Å². The molecule has 0 bridgehead atoms. The average Bonchev–Trinajstić information content (AvgIpc) is 2.66. The Hall–Kier alpha value is -1.62. The Bertz CT molecular complexity index is 617. The summed E-state index contributed by atoms with van der Waals surface area (Å²) >= 11 is 3.41. The second kappa shape index (κ2) is 6.22. The Labute approximate surface area is 127 Å². The third-order valence-corrected chi connectivity index (χ3v) is 3.73. The number of anilines is 1. The van der Waals surface area contributed by atoms with Gasteiger partial charge < -0.3 is 5.32 Å². The number of amides is 1. The molecule has 0 saturated carbocycles. The van der Waals surface area contributed by atoms with E-state index in [0.717, 1.165) is 28.8 Å². The fourth-order valence-corrected chi connectivity index (χ4v) is 2.62. The first-order valence-corrected chi connectivity index (χ1v) is 7.61. The fraction of sp³-hybridized carbons (Fsp3) is 0.333. The summed E-state index contributed by atoms with van der Waals surface area (Å²) in [4.78, 5) is 12.3. The lowest BCUT2D eigenvalue weighted by Gasteiger charge is -2.06. The van der Waals surface area contributed by atoms with Crippen molar-refractivity contribution in [2.75, 3.05) is 10.6 Å². The van der Waals surface area contributed by atoms with E-state index >= 15 is 0 Å². The Balaban J connectivity index is 2.15. The molecule has 106 valence electrons. The molecule has 1 N–H and O–H groups in total. The van der Waals surface area contributed by atoms with Gasteiger partial charge in [-0.15, -0.1) is 0 Å². The Morgan fingerprint density at radius 2 is 1.95 bits per heavy atom. The number of alkyl halides is 1. The van der Waals surface area contributed by atoms with Crippen molar-refractivity contribution in [3.05, 3.63) is 46.8 Å². The molecule has 4 nitrogen and oxygen atoms in total. The normalized spacial score (nSPS) is 10.6. The zero-order chi connectivity index (χ0) is 14.7. The third kappa shape index (κ3) is 3.10. The monoisotopic (exact) mass is 335 g/mol. The van der Waals surface area contributed by atoms with Gasteiger partial charge in [-0.3, -0.25) is 9.48 Å². The molecule has 5 heteroatoms. The quantitative estimate of drug-likeness (QED) is 0.872. The van der Waals surface area contributed by atoms with Crippen molar-refractivity contribution in [1.82, 2.24) is 9.78 Å². The van der Waals surface area contributed by atoms with Gasteiger partial charge in [0, 0.05) is 23.8 Å². The first kappa shape index (κ1) is 14.8. The van der Waals surface area contributed by atoms with E-state index in [1.54, 1.807) is 4.68 Å². The van der Waals surface area contributed by atoms with Crippen LogP contribution in [-0.4, -0.2) is 21.0 Å². The number of halogens is 1. The van der Waals surface area contributed by atoms with Crippen LogP contribution in [0.25, 0.3) is 0 Å². The van der Waals surface area contributed by atoms with Crippen LogP contribution in [0, 0.1) is 13.8 Å². The molecule has 0 radical (unpaired) electrons. The van der Waals surface area contributed by atoms with Crippen LogP contribution < -0.4 is 5.32 Å². The van der Waals surface area contributed by atoms with Crippen molar-refractivity contribution in [3.8, 4) is 0 Å². The van der Waals surface area contributed by atoms with Crippen molar-refractivity contribution in [3.63, 3.8) is 0 Å². The molecule has 20 heavy (non-hydrogen) atoms. The second-order valence-electron chi connectivity index (χ2n) is 4.76. The molecule has 2 rings (SSSR count). The molecule has 0 unspecified atom stereocenters. The molecule has 0 atom stereocenters. The van der Waals surface area contributed by atoms with Gasteiger partial charge in [-0.1, -0.05) is 28.1 Å². The van der Waals surface area contributed by atoms with E-state index in [1.165, 1.54) is 5.56 Å². The topological polar surface area (TPSA) is 46.9 Å². The maximum atomic E-state index is 12.3. The maximum Gasteiger partial charge on any atom is 0.259 e. The van der Waals surface area contributed by atoms with Gasteiger partial charge in [0.2, 0.25) is 0 Å². The number of carbonyl (C=O) groups is 1. The number of hydrogen-bond acceptors (Lipinski definition) is 2. The summed E-state index contributed by atoms with van der Waals surface area (Å²) in [6, 6.07) is 7.91. The standard InChI is InChI=1S/C15H18BrN3O/c1-10-14(11(2)19(3)18-10)15(20)17-13-6-4-12(5-7-13)8-9-16/h4-7H,8-9H2,1-3H3,(H,17,20). The first-order chi connectivity index (χ1) is 9.52. The lowest BCUT2D eigenvalue weighted by molar-refractivity contribution is 0.102. The van der Waals surface area contributed by atoms with Crippen molar-refractivity contribution < 1.29 is 4.79 Å². The number of nitrogens with one attached hydrogen (secondary N) is 1. The molecule has 0 aliphatic carbocycles. The zero-order valence-electron chi connectivity index (χ0n) is 11.9. The number of carbonyl (C=O) groups excluding carboxylic acids is 1. The summed E-state index contributed by atoms with van der Waals surface area (Å²) in [5.41, 5.74) is 4.32. The number of nitrogens with zero attached hydrogens (tertiary/aromatic N) is 2. The van der Waals surface area contributed by atoms with Crippen molar-refractivity contribution >= 4 is 27.5 Å². The number of aryl methyl sites for hydroxylation is 3. The minimum Gasteiger partial charge on any atom is -0.322 e. The summed E-state index contributed by atoms with van der Waals surface area (Å²) in [5, 5.41) is 8.12. The zero-order valence-corrected chi connectivity index (χ0v) is 13.5. The summed E-state index contributed by atoms with van der Waals surface area (Å²) in [5.74, 6) is -0.110. The van der Waals surface area contributed by atoms with E-state index in [1.807, 2.05) is 45.2 Å². The van der Waals surface area contributed by atoms with Crippen LogP contribution in [0.2, 0.25) is 0 Å². The highest BCUT2D eigenvalue weighted by molar-refractivity contribution is 9.09. The van der Waals surface area contributed by atoms with E-state index in [-0.39, 0.29) is 5.91 Å². The van der Waals surface area contributed by atoms with Gasteiger partial charge in [0.05, 0.1) is 11.3 Å². The number of hydrogen-bond donors (Lipinski definition) is 1. The minimum atomic E-state index is -0.110.